The minimum absolute atomic E-state index is 0.271. The Morgan fingerprint density at radius 3 is 3.00 bits per heavy atom. The molecule has 2 aromatic carbocycles. The number of benzene rings is 2. The molecule has 20 heavy (non-hydrogen) atoms. The lowest BCUT2D eigenvalue weighted by Gasteiger charge is -2.05. The molecule has 0 amide bonds. The number of rotatable bonds is 1. The van der Waals surface area contributed by atoms with Gasteiger partial charge in [0.05, 0.1) is 5.52 Å². The molecule has 3 nitrogen and oxygen atoms in total. The zero-order chi connectivity index (χ0) is 13.7. The van der Waals surface area contributed by atoms with Gasteiger partial charge in [-0.3, -0.25) is 0 Å². The molecule has 4 rings (SSSR count). The molecule has 4 heteroatoms. The molecule has 0 aliphatic carbocycles. The molecule has 0 saturated carbocycles. The molecule has 0 spiro atoms. The quantitative estimate of drug-likeness (QED) is 0.732. The van der Waals surface area contributed by atoms with E-state index in [-0.39, 0.29) is 5.82 Å². The van der Waals surface area contributed by atoms with Gasteiger partial charge in [-0.25, -0.2) is 9.37 Å². The summed E-state index contributed by atoms with van der Waals surface area (Å²) in [5, 5.41) is 3.34. The SMILES string of the molecule is Cn1c(-c2ccc3c(c2)CCN3)nc2c(F)cccc21. The summed E-state index contributed by atoms with van der Waals surface area (Å²) >= 11 is 0. The van der Waals surface area contributed by atoms with E-state index >= 15 is 0 Å². The van der Waals surface area contributed by atoms with Crippen molar-refractivity contribution in [1.29, 1.82) is 0 Å². The molecular weight excluding hydrogens is 253 g/mol. The summed E-state index contributed by atoms with van der Waals surface area (Å²) in [6, 6.07) is 11.3. The Hall–Kier alpha value is -2.36. The van der Waals surface area contributed by atoms with Crippen molar-refractivity contribution in [2.24, 2.45) is 7.05 Å². The molecule has 1 aromatic heterocycles. The Kier molecular flexibility index (Phi) is 2.33. The lowest BCUT2D eigenvalue weighted by atomic mass is 10.1. The van der Waals surface area contributed by atoms with Crippen molar-refractivity contribution in [2.75, 3.05) is 11.9 Å². The van der Waals surface area contributed by atoms with Crippen molar-refractivity contribution in [2.45, 2.75) is 6.42 Å². The fraction of sp³-hybridized carbons (Fsp3) is 0.188. The van der Waals surface area contributed by atoms with Crippen LogP contribution < -0.4 is 5.32 Å². The molecule has 100 valence electrons. The number of nitrogens with one attached hydrogen (secondary N) is 1. The molecule has 1 aliphatic heterocycles. The summed E-state index contributed by atoms with van der Waals surface area (Å²) in [4.78, 5) is 4.48. The third-order valence-corrected chi connectivity index (χ3v) is 3.94. The van der Waals surface area contributed by atoms with Gasteiger partial charge in [0.2, 0.25) is 0 Å². The van der Waals surface area contributed by atoms with Gasteiger partial charge in [0.1, 0.15) is 11.3 Å². The number of para-hydroxylation sites is 1. The lowest BCUT2D eigenvalue weighted by Crippen LogP contribution is -1.93. The number of halogens is 1. The van der Waals surface area contributed by atoms with Crippen LogP contribution >= 0.6 is 0 Å². The standard InChI is InChI=1S/C16H14FN3/c1-20-14-4-2-3-12(17)15(14)19-16(20)11-5-6-13-10(9-11)7-8-18-13/h2-6,9,18H,7-8H2,1H3. The zero-order valence-corrected chi connectivity index (χ0v) is 11.2. The van der Waals surface area contributed by atoms with E-state index in [4.69, 9.17) is 0 Å². The first-order valence-electron chi connectivity index (χ1n) is 6.72. The minimum atomic E-state index is -0.271. The van der Waals surface area contributed by atoms with Crippen molar-refractivity contribution in [3.05, 3.63) is 47.8 Å². The van der Waals surface area contributed by atoms with E-state index in [0.29, 0.717) is 5.52 Å². The van der Waals surface area contributed by atoms with Gasteiger partial charge in [-0.15, -0.1) is 0 Å². The highest BCUT2D eigenvalue weighted by molar-refractivity contribution is 5.81. The van der Waals surface area contributed by atoms with Gasteiger partial charge in [0.15, 0.2) is 5.82 Å². The third-order valence-electron chi connectivity index (χ3n) is 3.94. The fourth-order valence-electron chi connectivity index (χ4n) is 2.88. The number of aromatic nitrogens is 2. The number of aryl methyl sites for hydroxylation is 1. The average Bonchev–Trinajstić information content (AvgIpc) is 3.04. The van der Waals surface area contributed by atoms with E-state index in [0.717, 1.165) is 29.9 Å². The molecule has 0 saturated heterocycles. The van der Waals surface area contributed by atoms with Crippen molar-refractivity contribution < 1.29 is 4.39 Å². The topological polar surface area (TPSA) is 29.9 Å². The third kappa shape index (κ3) is 1.54. The van der Waals surface area contributed by atoms with E-state index in [1.54, 1.807) is 6.07 Å². The number of fused-ring (bicyclic) bond motifs is 2. The van der Waals surface area contributed by atoms with Crippen LogP contribution in [0.25, 0.3) is 22.4 Å². The Bertz CT molecular complexity index is 820. The van der Waals surface area contributed by atoms with Crippen LogP contribution in [0.3, 0.4) is 0 Å². The maximum Gasteiger partial charge on any atom is 0.151 e. The molecule has 0 bridgehead atoms. The van der Waals surface area contributed by atoms with E-state index in [2.05, 4.69) is 22.4 Å². The van der Waals surface area contributed by atoms with Crippen LogP contribution in [0.1, 0.15) is 5.56 Å². The molecule has 1 aliphatic rings. The molecular formula is C16H14FN3. The molecule has 0 atom stereocenters. The molecule has 3 aromatic rings. The fourth-order valence-corrected chi connectivity index (χ4v) is 2.88. The highest BCUT2D eigenvalue weighted by Crippen LogP contribution is 2.30. The Morgan fingerprint density at radius 2 is 2.15 bits per heavy atom. The summed E-state index contributed by atoms with van der Waals surface area (Å²) in [5.41, 5.74) is 4.78. The Morgan fingerprint density at radius 1 is 1.25 bits per heavy atom. The summed E-state index contributed by atoms with van der Waals surface area (Å²) in [6.45, 7) is 0.982. The van der Waals surface area contributed by atoms with Crippen molar-refractivity contribution in [3.63, 3.8) is 0 Å². The molecule has 1 N–H and O–H groups in total. The second-order valence-electron chi connectivity index (χ2n) is 5.15. The number of anilines is 1. The van der Waals surface area contributed by atoms with Crippen LogP contribution in [0.2, 0.25) is 0 Å². The van der Waals surface area contributed by atoms with Crippen LogP contribution in [-0.2, 0) is 13.5 Å². The number of imidazole rings is 1. The first kappa shape index (κ1) is 11.5. The second kappa shape index (κ2) is 4.07. The van der Waals surface area contributed by atoms with Gasteiger partial charge < -0.3 is 9.88 Å². The molecule has 0 radical (unpaired) electrons. The van der Waals surface area contributed by atoms with Gasteiger partial charge in [0, 0.05) is 24.8 Å². The smallest absolute Gasteiger partial charge is 0.151 e. The van der Waals surface area contributed by atoms with Gasteiger partial charge in [-0.2, -0.15) is 0 Å². The first-order valence-corrected chi connectivity index (χ1v) is 6.72. The summed E-state index contributed by atoms with van der Waals surface area (Å²) in [5.74, 6) is 0.534. The number of hydrogen-bond acceptors (Lipinski definition) is 2. The summed E-state index contributed by atoms with van der Waals surface area (Å²) < 4.78 is 15.8. The van der Waals surface area contributed by atoms with Crippen LogP contribution in [0.4, 0.5) is 10.1 Å². The molecule has 0 unspecified atom stereocenters. The zero-order valence-electron chi connectivity index (χ0n) is 11.2. The maximum absolute atomic E-state index is 13.8. The second-order valence-corrected chi connectivity index (χ2v) is 5.15. The predicted molar refractivity (Wildman–Crippen MR) is 78.3 cm³/mol. The first-order chi connectivity index (χ1) is 9.74. The number of nitrogens with zero attached hydrogens (tertiary/aromatic N) is 2. The highest BCUT2D eigenvalue weighted by atomic mass is 19.1. The molecule has 2 heterocycles. The highest BCUT2D eigenvalue weighted by Gasteiger charge is 2.15. The van der Waals surface area contributed by atoms with Gasteiger partial charge >= 0.3 is 0 Å². The minimum Gasteiger partial charge on any atom is -0.384 e. The number of hydrogen-bond donors (Lipinski definition) is 1. The van der Waals surface area contributed by atoms with Crippen LogP contribution in [-0.4, -0.2) is 16.1 Å². The van der Waals surface area contributed by atoms with Gasteiger partial charge in [0.25, 0.3) is 0 Å². The normalized spacial score (nSPS) is 13.5. The van der Waals surface area contributed by atoms with Gasteiger partial charge in [-0.1, -0.05) is 6.07 Å². The predicted octanol–water partition coefficient (Wildman–Crippen LogP) is 3.35. The van der Waals surface area contributed by atoms with Crippen LogP contribution in [0.5, 0.6) is 0 Å². The van der Waals surface area contributed by atoms with E-state index < -0.39 is 0 Å². The molecule has 0 fully saturated rings. The van der Waals surface area contributed by atoms with Crippen molar-refractivity contribution in [1.82, 2.24) is 9.55 Å². The maximum atomic E-state index is 13.8. The van der Waals surface area contributed by atoms with E-state index in [1.807, 2.05) is 23.7 Å². The van der Waals surface area contributed by atoms with Crippen molar-refractivity contribution in [3.8, 4) is 11.4 Å². The average molecular weight is 267 g/mol. The summed E-state index contributed by atoms with van der Waals surface area (Å²) in [6.07, 6.45) is 1.03. The Balaban J connectivity index is 1.94. The van der Waals surface area contributed by atoms with Gasteiger partial charge in [-0.05, 0) is 42.3 Å². The monoisotopic (exact) mass is 267 g/mol. The van der Waals surface area contributed by atoms with Crippen molar-refractivity contribution >= 4 is 16.7 Å². The Labute approximate surface area is 116 Å². The lowest BCUT2D eigenvalue weighted by molar-refractivity contribution is 0.637. The van der Waals surface area contributed by atoms with Crippen LogP contribution in [0, 0.1) is 5.82 Å². The van der Waals surface area contributed by atoms with Crippen LogP contribution in [0.15, 0.2) is 36.4 Å². The van der Waals surface area contributed by atoms with E-state index in [1.165, 1.54) is 17.3 Å². The largest absolute Gasteiger partial charge is 0.384 e. The van der Waals surface area contributed by atoms with E-state index in [9.17, 15) is 4.39 Å². The summed E-state index contributed by atoms with van der Waals surface area (Å²) in [7, 11) is 1.93.